The van der Waals surface area contributed by atoms with Crippen molar-refractivity contribution in [1.82, 2.24) is 15.2 Å². The van der Waals surface area contributed by atoms with Gasteiger partial charge in [0, 0.05) is 42.1 Å². The molecule has 0 bridgehead atoms. The first-order chi connectivity index (χ1) is 11.7. The van der Waals surface area contributed by atoms with Crippen molar-refractivity contribution < 1.29 is 9.53 Å². The number of amides is 1. The number of carbonyl (C=O) groups excluding carboxylic acids is 1. The Morgan fingerprint density at radius 3 is 3.17 bits per heavy atom. The first-order valence-electron chi connectivity index (χ1n) is 8.87. The third-order valence-electron chi connectivity index (χ3n) is 5.62. The van der Waals surface area contributed by atoms with Gasteiger partial charge in [-0.1, -0.05) is 12.1 Å². The third-order valence-corrected chi connectivity index (χ3v) is 5.62. The van der Waals surface area contributed by atoms with Crippen molar-refractivity contribution >= 4 is 17.0 Å². The van der Waals surface area contributed by atoms with Crippen molar-refractivity contribution in [3.05, 3.63) is 35.5 Å². The number of likely N-dealkylation sites (tertiary alicyclic amines) is 1. The van der Waals surface area contributed by atoms with E-state index in [0.717, 1.165) is 19.4 Å². The maximum Gasteiger partial charge on any atom is 0.407 e. The summed E-state index contributed by atoms with van der Waals surface area (Å²) >= 11 is 0. The second kappa shape index (κ2) is 6.13. The van der Waals surface area contributed by atoms with Gasteiger partial charge in [-0.25, -0.2) is 4.79 Å². The lowest BCUT2D eigenvalue weighted by Gasteiger charge is -2.45. The van der Waals surface area contributed by atoms with Crippen LogP contribution in [0.5, 0.6) is 0 Å². The highest BCUT2D eigenvalue weighted by molar-refractivity contribution is 5.88. The number of alkyl carbamates (subject to hydrolysis) is 1. The zero-order chi connectivity index (χ0) is 16.7. The SMILES string of the molecule is CCOC(=O)NC[C@@H]1C[C@@H]2c3cccc4[nH]cc(c34)C[C@H]2N(C)C1. The van der Waals surface area contributed by atoms with Gasteiger partial charge in [-0.05, 0) is 49.9 Å². The Balaban J connectivity index is 1.56. The molecule has 2 N–H and O–H groups in total. The zero-order valence-electron chi connectivity index (χ0n) is 14.3. The number of aromatic nitrogens is 1. The fraction of sp³-hybridized carbons (Fsp3) is 0.526. The van der Waals surface area contributed by atoms with Crippen LogP contribution in [0, 0.1) is 5.92 Å². The molecule has 5 heteroatoms. The molecule has 1 aliphatic heterocycles. The summed E-state index contributed by atoms with van der Waals surface area (Å²) in [6.45, 7) is 3.95. The largest absolute Gasteiger partial charge is 0.450 e. The van der Waals surface area contributed by atoms with Crippen LogP contribution in [0.3, 0.4) is 0 Å². The molecular weight excluding hydrogens is 302 g/mol. The normalized spacial score (nSPS) is 26.2. The molecule has 0 spiro atoms. The fourth-order valence-electron chi connectivity index (χ4n) is 4.61. The number of nitrogens with one attached hydrogen (secondary N) is 2. The van der Waals surface area contributed by atoms with E-state index in [-0.39, 0.29) is 6.09 Å². The summed E-state index contributed by atoms with van der Waals surface area (Å²) < 4.78 is 4.98. The van der Waals surface area contributed by atoms with Crippen LogP contribution in [0.4, 0.5) is 4.79 Å². The molecule has 4 rings (SSSR count). The van der Waals surface area contributed by atoms with Crippen molar-refractivity contribution in [2.24, 2.45) is 5.92 Å². The molecule has 2 heterocycles. The molecule has 128 valence electrons. The third kappa shape index (κ3) is 2.57. The number of nitrogens with zero attached hydrogens (tertiary/aromatic N) is 1. The van der Waals surface area contributed by atoms with E-state index in [2.05, 4.69) is 46.6 Å². The Morgan fingerprint density at radius 2 is 2.33 bits per heavy atom. The van der Waals surface area contributed by atoms with Gasteiger partial charge >= 0.3 is 6.09 Å². The average Bonchev–Trinajstić information content (AvgIpc) is 2.99. The number of carbonyl (C=O) groups is 1. The van der Waals surface area contributed by atoms with Crippen LogP contribution in [0.2, 0.25) is 0 Å². The number of hydrogen-bond acceptors (Lipinski definition) is 3. The van der Waals surface area contributed by atoms with Crippen LogP contribution in [0.1, 0.15) is 30.4 Å². The van der Waals surface area contributed by atoms with Gasteiger partial charge in [0.15, 0.2) is 0 Å². The predicted octanol–water partition coefficient (Wildman–Crippen LogP) is 2.87. The fourth-order valence-corrected chi connectivity index (χ4v) is 4.61. The van der Waals surface area contributed by atoms with Gasteiger partial charge < -0.3 is 19.9 Å². The number of fused-ring (bicyclic) bond motifs is 2. The Labute approximate surface area is 142 Å². The number of likely N-dealkylation sites (N-methyl/N-ethyl adjacent to an activating group) is 1. The molecule has 0 unspecified atom stereocenters. The van der Waals surface area contributed by atoms with Gasteiger partial charge in [-0.3, -0.25) is 0 Å². The molecule has 0 radical (unpaired) electrons. The molecule has 0 saturated carbocycles. The zero-order valence-corrected chi connectivity index (χ0v) is 14.3. The number of aromatic amines is 1. The summed E-state index contributed by atoms with van der Waals surface area (Å²) in [6.07, 6.45) is 4.09. The van der Waals surface area contributed by atoms with Crippen LogP contribution < -0.4 is 5.32 Å². The van der Waals surface area contributed by atoms with E-state index in [4.69, 9.17) is 4.74 Å². The molecular formula is C19H25N3O2. The lowest BCUT2D eigenvalue weighted by atomic mass is 9.72. The van der Waals surface area contributed by atoms with E-state index >= 15 is 0 Å². The summed E-state index contributed by atoms with van der Waals surface area (Å²) in [6, 6.07) is 7.15. The van der Waals surface area contributed by atoms with E-state index < -0.39 is 0 Å². The Bertz CT molecular complexity index is 754. The molecule has 1 aromatic carbocycles. The molecule has 3 atom stereocenters. The highest BCUT2D eigenvalue weighted by atomic mass is 16.5. The minimum atomic E-state index is -0.305. The molecule has 5 nitrogen and oxygen atoms in total. The van der Waals surface area contributed by atoms with E-state index in [9.17, 15) is 4.79 Å². The van der Waals surface area contributed by atoms with Crippen molar-refractivity contribution in [2.75, 3.05) is 26.7 Å². The standard InChI is InChI=1S/C19H25N3O2/c1-3-24-19(23)21-9-12-7-15-14-5-4-6-16-18(14)13(10-20-16)8-17(15)22(2)11-12/h4-6,10,12,15,17,20H,3,7-9,11H2,1-2H3,(H,21,23)/t12-,15+,17+/m0/s1. The van der Waals surface area contributed by atoms with E-state index in [0.29, 0.717) is 31.0 Å². The molecule has 1 saturated heterocycles. The maximum atomic E-state index is 11.6. The second-order valence-electron chi connectivity index (χ2n) is 7.10. The minimum Gasteiger partial charge on any atom is -0.450 e. The summed E-state index contributed by atoms with van der Waals surface area (Å²) in [4.78, 5) is 17.5. The molecule has 1 aromatic heterocycles. The summed E-state index contributed by atoms with van der Waals surface area (Å²) in [7, 11) is 2.21. The van der Waals surface area contributed by atoms with Crippen molar-refractivity contribution in [3.63, 3.8) is 0 Å². The number of H-pyrrole nitrogens is 1. The molecule has 1 amide bonds. The number of ether oxygens (including phenoxy) is 1. The monoisotopic (exact) mass is 327 g/mol. The predicted molar refractivity (Wildman–Crippen MR) is 94.3 cm³/mol. The summed E-state index contributed by atoms with van der Waals surface area (Å²) in [5, 5.41) is 4.34. The topological polar surface area (TPSA) is 57.4 Å². The van der Waals surface area contributed by atoms with Crippen molar-refractivity contribution in [2.45, 2.75) is 31.7 Å². The maximum absolute atomic E-state index is 11.6. The van der Waals surface area contributed by atoms with Crippen LogP contribution in [-0.4, -0.2) is 48.8 Å². The Kier molecular flexibility index (Phi) is 3.96. The second-order valence-corrected chi connectivity index (χ2v) is 7.10. The lowest BCUT2D eigenvalue weighted by Crippen LogP contribution is -2.50. The molecule has 1 fully saturated rings. The van der Waals surface area contributed by atoms with Gasteiger partial charge in [0.25, 0.3) is 0 Å². The molecule has 2 aliphatic rings. The summed E-state index contributed by atoms with van der Waals surface area (Å²) in [5.41, 5.74) is 4.15. The van der Waals surface area contributed by atoms with Crippen molar-refractivity contribution in [3.8, 4) is 0 Å². The van der Waals surface area contributed by atoms with Gasteiger partial charge in [-0.2, -0.15) is 0 Å². The van der Waals surface area contributed by atoms with Crippen LogP contribution in [-0.2, 0) is 11.2 Å². The van der Waals surface area contributed by atoms with Gasteiger partial charge in [0.2, 0.25) is 0 Å². The molecule has 2 aromatic rings. The quantitative estimate of drug-likeness (QED) is 0.911. The first-order valence-corrected chi connectivity index (χ1v) is 8.87. The van der Waals surface area contributed by atoms with Gasteiger partial charge in [0.1, 0.15) is 0 Å². The minimum absolute atomic E-state index is 0.305. The van der Waals surface area contributed by atoms with E-state index in [1.54, 1.807) is 0 Å². The number of benzene rings is 1. The highest BCUT2D eigenvalue weighted by Crippen LogP contribution is 2.44. The van der Waals surface area contributed by atoms with Gasteiger partial charge in [-0.15, -0.1) is 0 Å². The molecule has 24 heavy (non-hydrogen) atoms. The smallest absolute Gasteiger partial charge is 0.407 e. The number of hydrogen-bond donors (Lipinski definition) is 2. The van der Waals surface area contributed by atoms with Crippen LogP contribution in [0.25, 0.3) is 10.9 Å². The van der Waals surface area contributed by atoms with E-state index in [1.165, 1.54) is 22.0 Å². The van der Waals surface area contributed by atoms with Crippen molar-refractivity contribution in [1.29, 1.82) is 0 Å². The average molecular weight is 327 g/mol. The lowest BCUT2D eigenvalue weighted by molar-refractivity contribution is 0.106. The first kappa shape index (κ1) is 15.5. The number of rotatable bonds is 3. The summed E-state index contributed by atoms with van der Waals surface area (Å²) in [5.74, 6) is 0.987. The van der Waals surface area contributed by atoms with E-state index in [1.807, 2.05) is 6.92 Å². The Morgan fingerprint density at radius 1 is 1.46 bits per heavy atom. The van der Waals surface area contributed by atoms with Gasteiger partial charge in [0.05, 0.1) is 6.61 Å². The van der Waals surface area contributed by atoms with Crippen LogP contribution in [0.15, 0.2) is 24.4 Å². The highest BCUT2D eigenvalue weighted by Gasteiger charge is 2.39. The van der Waals surface area contributed by atoms with Crippen LogP contribution >= 0.6 is 0 Å². The molecule has 1 aliphatic carbocycles. The Hall–Kier alpha value is -2.01. The number of piperidine rings is 1.